The maximum Gasteiger partial charge on any atom is 0.0705 e. The fourth-order valence-electron chi connectivity index (χ4n) is 3.55. The van der Waals surface area contributed by atoms with Gasteiger partial charge >= 0.3 is 0 Å². The van der Waals surface area contributed by atoms with Crippen LogP contribution in [-0.4, -0.2) is 45.7 Å². The van der Waals surface area contributed by atoms with E-state index in [1.807, 2.05) is 13.0 Å². The quantitative estimate of drug-likeness (QED) is 0.709. The summed E-state index contributed by atoms with van der Waals surface area (Å²) in [5.41, 5.74) is 4.28. The Kier molecular flexibility index (Phi) is 5.18. The van der Waals surface area contributed by atoms with Gasteiger partial charge < -0.3 is 4.74 Å². The highest BCUT2D eigenvalue weighted by Gasteiger charge is 2.23. The molecule has 134 valence electrons. The molecule has 1 fully saturated rings. The molecule has 3 aromatic rings. The molecule has 1 saturated heterocycles. The summed E-state index contributed by atoms with van der Waals surface area (Å²) in [4.78, 5) is 16.1. The van der Waals surface area contributed by atoms with Crippen molar-refractivity contribution in [1.82, 2.24) is 19.9 Å². The van der Waals surface area contributed by atoms with E-state index in [2.05, 4.69) is 45.2 Å². The van der Waals surface area contributed by atoms with Gasteiger partial charge in [0.25, 0.3) is 0 Å². The minimum absolute atomic E-state index is 0.387. The van der Waals surface area contributed by atoms with E-state index in [9.17, 15) is 0 Å². The minimum Gasteiger partial charge on any atom is -0.378 e. The molecule has 26 heavy (non-hydrogen) atoms. The summed E-state index contributed by atoms with van der Waals surface area (Å²) in [5.74, 6) is 0. The van der Waals surface area contributed by atoms with E-state index in [1.54, 1.807) is 12.4 Å². The fraction of sp³-hybridized carbons (Fsp3) is 0.381. The van der Waals surface area contributed by atoms with Gasteiger partial charge in [0.2, 0.25) is 0 Å². The number of pyridine rings is 1. The summed E-state index contributed by atoms with van der Waals surface area (Å²) in [6.45, 7) is 5.38. The van der Waals surface area contributed by atoms with Crippen LogP contribution >= 0.6 is 0 Å². The van der Waals surface area contributed by atoms with E-state index < -0.39 is 0 Å². The molecule has 1 aromatic carbocycles. The average molecular weight is 348 g/mol. The molecule has 0 bridgehead atoms. The van der Waals surface area contributed by atoms with Crippen molar-refractivity contribution in [2.24, 2.45) is 0 Å². The van der Waals surface area contributed by atoms with Crippen molar-refractivity contribution in [2.45, 2.75) is 32.4 Å². The summed E-state index contributed by atoms with van der Waals surface area (Å²) in [6.07, 6.45) is 5.47. The van der Waals surface area contributed by atoms with Gasteiger partial charge in [0.05, 0.1) is 35.8 Å². The first-order valence-electron chi connectivity index (χ1n) is 9.22. The lowest BCUT2D eigenvalue weighted by Gasteiger charge is -2.35. The molecule has 5 heteroatoms. The number of aryl methyl sites for hydroxylation is 2. The second kappa shape index (κ2) is 7.89. The second-order valence-corrected chi connectivity index (χ2v) is 6.82. The van der Waals surface area contributed by atoms with Crippen molar-refractivity contribution in [3.8, 4) is 0 Å². The molecule has 3 heterocycles. The predicted octanol–water partition coefficient (Wildman–Crippen LogP) is 3.17. The lowest BCUT2D eigenvalue weighted by Crippen LogP contribution is -2.45. The van der Waals surface area contributed by atoms with Crippen LogP contribution in [-0.2, 0) is 17.7 Å². The standard InChI is InChI=1S/C21H24N4O/c1-16-20(23-11-10-22-16)9-8-19-15-26-13-12-25(19)14-18-7-6-17-4-2-3-5-21(17)24-18/h2-7,10-11,19H,8-9,12-15H2,1H3. The van der Waals surface area contributed by atoms with Crippen LogP contribution in [0.2, 0.25) is 0 Å². The van der Waals surface area contributed by atoms with Crippen LogP contribution in [0, 0.1) is 6.92 Å². The Labute approximate surface area is 154 Å². The number of fused-ring (bicyclic) bond motifs is 1. The summed E-state index contributed by atoms with van der Waals surface area (Å²) in [7, 11) is 0. The van der Waals surface area contributed by atoms with Crippen LogP contribution in [0.25, 0.3) is 10.9 Å². The predicted molar refractivity (Wildman–Crippen MR) is 102 cm³/mol. The number of hydrogen-bond acceptors (Lipinski definition) is 5. The van der Waals surface area contributed by atoms with Crippen molar-refractivity contribution >= 4 is 10.9 Å². The molecular weight excluding hydrogens is 324 g/mol. The molecule has 0 amide bonds. The number of para-hydroxylation sites is 1. The molecule has 1 aliphatic rings. The topological polar surface area (TPSA) is 51.1 Å². The first-order chi connectivity index (χ1) is 12.8. The van der Waals surface area contributed by atoms with Crippen LogP contribution in [0.3, 0.4) is 0 Å². The van der Waals surface area contributed by atoms with Gasteiger partial charge in [0.15, 0.2) is 0 Å². The molecule has 1 aliphatic heterocycles. The summed E-state index contributed by atoms with van der Waals surface area (Å²) in [5, 5.41) is 1.19. The van der Waals surface area contributed by atoms with Crippen molar-refractivity contribution in [3.05, 3.63) is 65.9 Å². The number of nitrogens with zero attached hydrogens (tertiary/aromatic N) is 4. The molecule has 0 radical (unpaired) electrons. The van der Waals surface area contributed by atoms with E-state index in [4.69, 9.17) is 9.72 Å². The van der Waals surface area contributed by atoms with Crippen LogP contribution in [0.4, 0.5) is 0 Å². The molecular formula is C21H24N4O. The van der Waals surface area contributed by atoms with E-state index in [0.29, 0.717) is 6.04 Å². The highest BCUT2D eigenvalue weighted by atomic mass is 16.5. The number of rotatable bonds is 5. The second-order valence-electron chi connectivity index (χ2n) is 6.82. The van der Waals surface area contributed by atoms with E-state index in [0.717, 1.165) is 61.7 Å². The van der Waals surface area contributed by atoms with Gasteiger partial charge in [0, 0.05) is 36.9 Å². The van der Waals surface area contributed by atoms with Crippen LogP contribution in [0.15, 0.2) is 48.8 Å². The Morgan fingerprint density at radius 1 is 1.12 bits per heavy atom. The van der Waals surface area contributed by atoms with Gasteiger partial charge in [-0.05, 0) is 31.9 Å². The largest absolute Gasteiger partial charge is 0.378 e. The molecule has 0 saturated carbocycles. The monoisotopic (exact) mass is 348 g/mol. The molecule has 0 N–H and O–H groups in total. The van der Waals surface area contributed by atoms with Gasteiger partial charge in [-0.1, -0.05) is 24.3 Å². The zero-order valence-electron chi connectivity index (χ0n) is 15.1. The molecule has 1 unspecified atom stereocenters. The lowest BCUT2D eigenvalue weighted by molar-refractivity contribution is -0.0149. The first-order valence-corrected chi connectivity index (χ1v) is 9.22. The maximum atomic E-state index is 5.74. The van der Waals surface area contributed by atoms with Gasteiger partial charge in [-0.25, -0.2) is 0 Å². The zero-order valence-corrected chi connectivity index (χ0v) is 15.1. The third kappa shape index (κ3) is 3.89. The molecule has 5 nitrogen and oxygen atoms in total. The SMILES string of the molecule is Cc1nccnc1CCC1COCCN1Cc1ccc2ccccc2n1. The van der Waals surface area contributed by atoms with Crippen molar-refractivity contribution in [3.63, 3.8) is 0 Å². The van der Waals surface area contributed by atoms with Crippen LogP contribution < -0.4 is 0 Å². The first kappa shape index (κ1) is 17.1. The Morgan fingerprint density at radius 3 is 2.92 bits per heavy atom. The highest BCUT2D eigenvalue weighted by molar-refractivity contribution is 5.78. The highest BCUT2D eigenvalue weighted by Crippen LogP contribution is 2.18. The average Bonchev–Trinajstić information content (AvgIpc) is 2.68. The zero-order chi connectivity index (χ0) is 17.8. The molecule has 0 spiro atoms. The maximum absolute atomic E-state index is 5.74. The molecule has 4 rings (SSSR count). The smallest absolute Gasteiger partial charge is 0.0705 e. The molecule has 0 aliphatic carbocycles. The summed E-state index contributed by atoms with van der Waals surface area (Å²) >= 11 is 0. The third-order valence-electron chi connectivity index (χ3n) is 5.07. The normalized spacial score (nSPS) is 18.3. The number of aromatic nitrogens is 3. The van der Waals surface area contributed by atoms with Gasteiger partial charge in [-0.3, -0.25) is 19.9 Å². The third-order valence-corrected chi connectivity index (χ3v) is 5.07. The number of benzene rings is 1. The fourth-order valence-corrected chi connectivity index (χ4v) is 3.55. The Hall–Kier alpha value is -2.37. The Bertz CT molecular complexity index is 883. The molecule has 2 aromatic heterocycles. The van der Waals surface area contributed by atoms with Crippen LogP contribution in [0.5, 0.6) is 0 Å². The Balaban J connectivity index is 1.45. The Morgan fingerprint density at radius 2 is 2.00 bits per heavy atom. The minimum atomic E-state index is 0.387. The number of ether oxygens (including phenoxy) is 1. The van der Waals surface area contributed by atoms with Gasteiger partial charge in [0.1, 0.15) is 0 Å². The van der Waals surface area contributed by atoms with Crippen molar-refractivity contribution in [1.29, 1.82) is 0 Å². The van der Waals surface area contributed by atoms with E-state index in [1.165, 1.54) is 5.39 Å². The molecule has 1 atom stereocenters. The summed E-state index contributed by atoms with van der Waals surface area (Å²) in [6, 6.07) is 13.0. The van der Waals surface area contributed by atoms with Crippen molar-refractivity contribution < 1.29 is 4.74 Å². The summed E-state index contributed by atoms with van der Waals surface area (Å²) < 4.78 is 5.74. The van der Waals surface area contributed by atoms with E-state index in [-0.39, 0.29) is 0 Å². The van der Waals surface area contributed by atoms with Crippen LogP contribution in [0.1, 0.15) is 23.5 Å². The lowest BCUT2D eigenvalue weighted by atomic mass is 10.1. The van der Waals surface area contributed by atoms with Gasteiger partial charge in [-0.15, -0.1) is 0 Å². The van der Waals surface area contributed by atoms with Gasteiger partial charge in [-0.2, -0.15) is 0 Å². The van der Waals surface area contributed by atoms with E-state index >= 15 is 0 Å². The number of morpholine rings is 1. The van der Waals surface area contributed by atoms with Crippen molar-refractivity contribution in [2.75, 3.05) is 19.8 Å². The number of hydrogen-bond donors (Lipinski definition) is 0.